The van der Waals surface area contributed by atoms with Gasteiger partial charge in [0.1, 0.15) is 12.1 Å². The lowest BCUT2D eigenvalue weighted by Gasteiger charge is -2.36. The summed E-state index contributed by atoms with van der Waals surface area (Å²) in [6.45, 7) is 12.4. The normalized spacial score (nSPS) is 14.2. The van der Waals surface area contributed by atoms with E-state index in [-0.39, 0.29) is 36.4 Å². The molecule has 33 heavy (non-hydrogen) atoms. The summed E-state index contributed by atoms with van der Waals surface area (Å²) < 4.78 is 5.21. The zero-order valence-electron chi connectivity index (χ0n) is 20.2. The van der Waals surface area contributed by atoms with Crippen LogP contribution in [0.4, 0.5) is 10.5 Å². The number of alkyl carbamates (subject to hydrolysis) is 1. The number of anilines is 1. The number of piperazine rings is 1. The summed E-state index contributed by atoms with van der Waals surface area (Å²) in [5.74, 6) is 0.627. The van der Waals surface area contributed by atoms with Crippen LogP contribution in [0.1, 0.15) is 34.1 Å². The van der Waals surface area contributed by atoms with Crippen molar-refractivity contribution in [3.8, 4) is 0 Å². The molecule has 1 fully saturated rings. The predicted octanol–water partition coefficient (Wildman–Crippen LogP) is 2.42. The third-order valence-electron chi connectivity index (χ3n) is 4.78. The molecule has 0 radical (unpaired) electrons. The van der Waals surface area contributed by atoms with E-state index < -0.39 is 11.7 Å². The van der Waals surface area contributed by atoms with Crippen molar-refractivity contribution in [1.82, 2.24) is 20.9 Å². The van der Waals surface area contributed by atoms with Crippen LogP contribution in [0.15, 0.2) is 35.3 Å². The molecular formula is C23H39IN6O3. The summed E-state index contributed by atoms with van der Waals surface area (Å²) in [6.07, 6.45) is 0.287. The maximum Gasteiger partial charge on any atom is 0.407 e. The summed E-state index contributed by atoms with van der Waals surface area (Å²) in [7, 11) is 0. The molecule has 186 valence electrons. The van der Waals surface area contributed by atoms with E-state index in [4.69, 9.17) is 4.74 Å². The van der Waals surface area contributed by atoms with Gasteiger partial charge in [0.05, 0.1) is 0 Å². The number of ether oxygens (including phenoxy) is 1. The van der Waals surface area contributed by atoms with Gasteiger partial charge >= 0.3 is 6.09 Å². The molecule has 2 rings (SSSR count). The van der Waals surface area contributed by atoms with Gasteiger partial charge in [-0.25, -0.2) is 9.79 Å². The third kappa shape index (κ3) is 11.4. The van der Waals surface area contributed by atoms with Crippen molar-refractivity contribution < 1.29 is 14.3 Å². The maximum absolute atomic E-state index is 12.6. The van der Waals surface area contributed by atoms with E-state index >= 15 is 0 Å². The second kappa shape index (κ2) is 14.8. The second-order valence-electron chi connectivity index (χ2n) is 8.61. The number of guanidine groups is 1. The first-order valence-electron chi connectivity index (χ1n) is 11.4. The molecule has 1 aliphatic rings. The first-order chi connectivity index (χ1) is 15.3. The van der Waals surface area contributed by atoms with Gasteiger partial charge in [-0.2, -0.15) is 0 Å². The van der Waals surface area contributed by atoms with E-state index in [9.17, 15) is 9.59 Å². The quantitative estimate of drug-likeness (QED) is 0.191. The van der Waals surface area contributed by atoms with Crippen LogP contribution in [0.3, 0.4) is 0 Å². The van der Waals surface area contributed by atoms with Gasteiger partial charge in [0, 0.05) is 51.5 Å². The van der Waals surface area contributed by atoms with Crippen LogP contribution in [0.2, 0.25) is 0 Å². The molecule has 1 aromatic carbocycles. The molecule has 1 aliphatic heterocycles. The molecular weight excluding hydrogens is 535 g/mol. The highest BCUT2D eigenvalue weighted by Gasteiger charge is 2.21. The van der Waals surface area contributed by atoms with Gasteiger partial charge in [0.15, 0.2) is 5.96 Å². The van der Waals surface area contributed by atoms with Crippen molar-refractivity contribution in [2.24, 2.45) is 4.99 Å². The van der Waals surface area contributed by atoms with Crippen LogP contribution in [0.25, 0.3) is 0 Å². The Morgan fingerprint density at radius 3 is 2.24 bits per heavy atom. The van der Waals surface area contributed by atoms with Gasteiger partial charge in [0.25, 0.3) is 0 Å². The number of nitrogens with zero attached hydrogens (tertiary/aromatic N) is 3. The number of halogens is 1. The smallest absolute Gasteiger partial charge is 0.407 e. The maximum atomic E-state index is 12.6. The summed E-state index contributed by atoms with van der Waals surface area (Å²) >= 11 is 0. The van der Waals surface area contributed by atoms with Crippen molar-refractivity contribution in [3.63, 3.8) is 0 Å². The van der Waals surface area contributed by atoms with Crippen molar-refractivity contribution in [2.75, 3.05) is 57.3 Å². The van der Waals surface area contributed by atoms with Crippen LogP contribution < -0.4 is 20.9 Å². The number of aliphatic imine (C=N–C) groups is 1. The van der Waals surface area contributed by atoms with Crippen molar-refractivity contribution in [2.45, 2.75) is 39.7 Å². The number of hydrogen-bond donors (Lipinski definition) is 3. The van der Waals surface area contributed by atoms with Crippen LogP contribution >= 0.6 is 24.0 Å². The molecule has 1 heterocycles. The Balaban J connectivity index is 0.00000544. The number of nitrogens with one attached hydrogen (secondary N) is 3. The monoisotopic (exact) mass is 574 g/mol. The molecule has 0 atom stereocenters. The molecule has 0 aromatic heterocycles. The minimum Gasteiger partial charge on any atom is -0.444 e. The predicted molar refractivity (Wildman–Crippen MR) is 143 cm³/mol. The molecule has 9 nitrogen and oxygen atoms in total. The number of benzene rings is 1. The Bertz CT molecular complexity index is 746. The minimum atomic E-state index is -0.506. The largest absolute Gasteiger partial charge is 0.444 e. The molecule has 1 aromatic rings. The number of carbonyl (C=O) groups is 2. The summed E-state index contributed by atoms with van der Waals surface area (Å²) in [4.78, 5) is 32.8. The number of para-hydroxylation sites is 1. The summed E-state index contributed by atoms with van der Waals surface area (Å²) in [6, 6.07) is 10.3. The first-order valence-corrected chi connectivity index (χ1v) is 11.4. The Labute approximate surface area is 214 Å². The topological polar surface area (TPSA) is 98.3 Å². The highest BCUT2D eigenvalue weighted by atomic mass is 127. The number of hydrogen-bond acceptors (Lipinski definition) is 5. The lowest BCUT2D eigenvalue weighted by molar-refractivity contribution is -0.129. The molecule has 3 N–H and O–H groups in total. The zero-order chi connectivity index (χ0) is 23.4. The average molecular weight is 575 g/mol. The van der Waals surface area contributed by atoms with E-state index in [0.717, 1.165) is 13.1 Å². The highest BCUT2D eigenvalue weighted by molar-refractivity contribution is 14.0. The SMILES string of the molecule is CCNC(=NCC(=O)N1CCN(c2ccccc2)CC1)NCCCNC(=O)OC(C)(C)C.I. The van der Waals surface area contributed by atoms with Crippen LogP contribution in [-0.2, 0) is 9.53 Å². The van der Waals surface area contributed by atoms with Crippen molar-refractivity contribution in [3.05, 3.63) is 30.3 Å². The van der Waals surface area contributed by atoms with Crippen LogP contribution in [0.5, 0.6) is 0 Å². The zero-order valence-corrected chi connectivity index (χ0v) is 22.6. The minimum absolute atomic E-state index is 0. The Hall–Kier alpha value is -2.24. The van der Waals surface area contributed by atoms with E-state index in [1.54, 1.807) is 0 Å². The van der Waals surface area contributed by atoms with Gasteiger partial charge in [-0.15, -0.1) is 24.0 Å². The van der Waals surface area contributed by atoms with Gasteiger partial charge in [-0.3, -0.25) is 4.79 Å². The molecule has 0 spiro atoms. The Kier molecular flexibility index (Phi) is 12.9. The van der Waals surface area contributed by atoms with E-state index in [0.29, 0.717) is 45.1 Å². The fourth-order valence-corrected chi connectivity index (χ4v) is 3.24. The number of rotatable bonds is 8. The third-order valence-corrected chi connectivity index (χ3v) is 4.78. The number of carbonyl (C=O) groups excluding carboxylic acids is 2. The van der Waals surface area contributed by atoms with E-state index in [2.05, 4.69) is 38.0 Å². The Morgan fingerprint density at radius 1 is 1.00 bits per heavy atom. The van der Waals surface area contributed by atoms with Gasteiger partial charge in [-0.05, 0) is 46.2 Å². The van der Waals surface area contributed by atoms with E-state index in [1.807, 2.05) is 50.8 Å². The van der Waals surface area contributed by atoms with Gasteiger partial charge < -0.3 is 30.5 Å². The highest BCUT2D eigenvalue weighted by Crippen LogP contribution is 2.15. The lowest BCUT2D eigenvalue weighted by Crippen LogP contribution is -2.49. The van der Waals surface area contributed by atoms with Crippen molar-refractivity contribution in [1.29, 1.82) is 0 Å². The van der Waals surface area contributed by atoms with Crippen molar-refractivity contribution >= 4 is 47.6 Å². The standard InChI is InChI=1S/C23H38N6O3.HI/c1-5-24-21(25-12-9-13-26-22(31)32-23(2,3)4)27-18-20(30)29-16-14-28(15-17-29)19-10-7-6-8-11-19;/h6-8,10-11H,5,9,12-18H2,1-4H3,(H,26,31)(H2,24,25,27);1H. The first kappa shape index (κ1) is 28.8. The summed E-state index contributed by atoms with van der Waals surface area (Å²) in [5.41, 5.74) is 0.686. The summed E-state index contributed by atoms with van der Waals surface area (Å²) in [5, 5.41) is 9.07. The van der Waals surface area contributed by atoms with E-state index in [1.165, 1.54) is 5.69 Å². The fraction of sp³-hybridized carbons (Fsp3) is 0.609. The molecule has 0 saturated carbocycles. The molecule has 10 heteroatoms. The molecule has 0 aliphatic carbocycles. The molecule has 0 unspecified atom stereocenters. The molecule has 0 bridgehead atoms. The lowest BCUT2D eigenvalue weighted by atomic mass is 10.2. The van der Waals surface area contributed by atoms with Crippen LogP contribution in [-0.4, -0.2) is 80.8 Å². The molecule has 1 saturated heterocycles. The second-order valence-corrected chi connectivity index (χ2v) is 8.61. The fourth-order valence-electron chi connectivity index (χ4n) is 3.24. The van der Waals surface area contributed by atoms with Gasteiger partial charge in [0.2, 0.25) is 5.91 Å². The Morgan fingerprint density at radius 2 is 1.64 bits per heavy atom. The average Bonchev–Trinajstić information content (AvgIpc) is 2.76. The van der Waals surface area contributed by atoms with Crippen LogP contribution in [0, 0.1) is 0 Å². The number of amides is 2. The molecule has 2 amide bonds. The van der Waals surface area contributed by atoms with Gasteiger partial charge in [-0.1, -0.05) is 18.2 Å².